The second kappa shape index (κ2) is 4.60. The van der Waals surface area contributed by atoms with Gasteiger partial charge in [0.05, 0.1) is 18.2 Å². The van der Waals surface area contributed by atoms with Gasteiger partial charge in [-0.25, -0.2) is 0 Å². The zero-order chi connectivity index (χ0) is 12.5. The molecule has 88 valence electrons. The number of hydrogen-bond donors (Lipinski definition) is 0. The molecule has 0 aliphatic carbocycles. The van der Waals surface area contributed by atoms with Gasteiger partial charge in [0, 0.05) is 21.1 Å². The first kappa shape index (κ1) is 11.5. The molecule has 0 N–H and O–H groups in total. The van der Waals surface area contributed by atoms with Crippen LogP contribution in [0.1, 0.15) is 10.4 Å². The van der Waals surface area contributed by atoms with Crippen molar-refractivity contribution in [3.63, 3.8) is 0 Å². The molecule has 0 spiro atoms. The zero-order valence-corrected chi connectivity index (χ0v) is 11.8. The lowest BCUT2D eigenvalue weighted by molar-refractivity contribution is 0.848. The number of hydrogen-bond acceptors (Lipinski definition) is 2. The SMILES string of the molecule is N#Cc1ccc2ccn(Cc3sccc3Br)c2c1. The molecule has 0 saturated carbocycles. The molecule has 3 aromatic rings. The monoisotopic (exact) mass is 316 g/mol. The van der Waals surface area contributed by atoms with E-state index in [2.05, 4.69) is 50.3 Å². The molecule has 18 heavy (non-hydrogen) atoms. The minimum atomic E-state index is 0.702. The minimum absolute atomic E-state index is 0.702. The molecule has 4 heteroatoms. The van der Waals surface area contributed by atoms with Gasteiger partial charge in [0.1, 0.15) is 0 Å². The van der Waals surface area contributed by atoms with Crippen LogP contribution in [0.3, 0.4) is 0 Å². The van der Waals surface area contributed by atoms with Crippen molar-refractivity contribution in [3.8, 4) is 6.07 Å². The number of aromatic nitrogens is 1. The normalized spacial score (nSPS) is 10.7. The Morgan fingerprint density at radius 2 is 2.17 bits per heavy atom. The first-order valence-electron chi connectivity index (χ1n) is 5.49. The van der Waals surface area contributed by atoms with Crippen molar-refractivity contribution < 1.29 is 0 Å². The second-order valence-corrected chi connectivity index (χ2v) is 5.88. The summed E-state index contributed by atoms with van der Waals surface area (Å²) in [4.78, 5) is 1.29. The summed E-state index contributed by atoms with van der Waals surface area (Å²) in [6, 6.07) is 12.1. The van der Waals surface area contributed by atoms with Gasteiger partial charge in [0.2, 0.25) is 0 Å². The highest BCUT2D eigenvalue weighted by Crippen LogP contribution is 2.26. The Morgan fingerprint density at radius 1 is 1.28 bits per heavy atom. The van der Waals surface area contributed by atoms with Gasteiger partial charge in [-0.05, 0) is 51.0 Å². The Morgan fingerprint density at radius 3 is 2.89 bits per heavy atom. The number of halogens is 1. The molecular weight excluding hydrogens is 308 g/mol. The van der Waals surface area contributed by atoms with Crippen LogP contribution in [0.4, 0.5) is 0 Å². The average Bonchev–Trinajstić information content (AvgIpc) is 2.97. The molecule has 0 atom stereocenters. The first-order chi connectivity index (χ1) is 8.78. The van der Waals surface area contributed by atoms with Crippen molar-refractivity contribution in [3.05, 3.63) is 56.8 Å². The Bertz CT molecular complexity index is 749. The Balaban J connectivity index is 2.07. The predicted molar refractivity (Wildman–Crippen MR) is 77.8 cm³/mol. The minimum Gasteiger partial charge on any atom is -0.342 e. The number of thiophene rings is 1. The first-order valence-corrected chi connectivity index (χ1v) is 7.16. The van der Waals surface area contributed by atoms with Gasteiger partial charge in [-0.2, -0.15) is 5.26 Å². The quantitative estimate of drug-likeness (QED) is 0.689. The van der Waals surface area contributed by atoms with E-state index in [0.717, 1.165) is 16.5 Å². The molecule has 0 aliphatic rings. The Labute approximate surface area is 117 Å². The standard InChI is InChI=1S/C14H9BrN2S/c15-12-4-6-18-14(12)9-17-5-3-11-2-1-10(8-16)7-13(11)17/h1-7H,9H2. The van der Waals surface area contributed by atoms with Gasteiger partial charge in [-0.15, -0.1) is 11.3 Å². The van der Waals surface area contributed by atoms with Crippen LogP contribution >= 0.6 is 27.3 Å². The zero-order valence-electron chi connectivity index (χ0n) is 9.43. The summed E-state index contributed by atoms with van der Waals surface area (Å²) in [5.41, 5.74) is 1.81. The van der Waals surface area contributed by atoms with Crippen molar-refractivity contribution >= 4 is 38.2 Å². The van der Waals surface area contributed by atoms with Gasteiger partial charge < -0.3 is 4.57 Å². The van der Waals surface area contributed by atoms with E-state index >= 15 is 0 Å². The van der Waals surface area contributed by atoms with Gasteiger partial charge in [0.25, 0.3) is 0 Å². The number of rotatable bonds is 2. The summed E-state index contributed by atoms with van der Waals surface area (Å²) < 4.78 is 3.32. The lowest BCUT2D eigenvalue weighted by Gasteiger charge is -2.04. The van der Waals surface area contributed by atoms with E-state index in [-0.39, 0.29) is 0 Å². The lowest BCUT2D eigenvalue weighted by Crippen LogP contribution is -1.96. The Hall–Kier alpha value is -1.57. The molecule has 1 aromatic carbocycles. The largest absolute Gasteiger partial charge is 0.342 e. The van der Waals surface area contributed by atoms with E-state index in [0.29, 0.717) is 5.56 Å². The van der Waals surface area contributed by atoms with Crippen molar-refractivity contribution in [2.24, 2.45) is 0 Å². The van der Waals surface area contributed by atoms with E-state index in [9.17, 15) is 0 Å². The van der Waals surface area contributed by atoms with Crippen LogP contribution in [0.5, 0.6) is 0 Å². The fraction of sp³-hybridized carbons (Fsp3) is 0.0714. The van der Waals surface area contributed by atoms with Crippen LogP contribution < -0.4 is 0 Å². The summed E-state index contributed by atoms with van der Waals surface area (Å²) in [5.74, 6) is 0. The highest BCUT2D eigenvalue weighted by Gasteiger charge is 2.06. The van der Waals surface area contributed by atoms with Gasteiger partial charge in [0.15, 0.2) is 0 Å². The van der Waals surface area contributed by atoms with E-state index < -0.39 is 0 Å². The fourth-order valence-corrected chi connectivity index (χ4v) is 3.46. The van der Waals surface area contributed by atoms with Crippen LogP contribution in [0.2, 0.25) is 0 Å². The van der Waals surface area contributed by atoms with Crippen LogP contribution in [0, 0.1) is 11.3 Å². The van der Waals surface area contributed by atoms with Crippen LogP contribution in [-0.2, 0) is 6.54 Å². The fourth-order valence-electron chi connectivity index (χ4n) is 1.98. The van der Waals surface area contributed by atoms with Gasteiger partial charge >= 0.3 is 0 Å². The molecule has 0 amide bonds. The second-order valence-electron chi connectivity index (χ2n) is 4.02. The topological polar surface area (TPSA) is 28.7 Å². The summed E-state index contributed by atoms with van der Waals surface area (Å²) >= 11 is 5.28. The highest BCUT2D eigenvalue weighted by atomic mass is 79.9. The Kier molecular flexibility index (Phi) is 2.94. The van der Waals surface area contributed by atoms with Crippen molar-refractivity contribution in [1.29, 1.82) is 5.26 Å². The third-order valence-corrected chi connectivity index (χ3v) is 4.82. The van der Waals surface area contributed by atoms with Crippen LogP contribution in [0.25, 0.3) is 10.9 Å². The maximum atomic E-state index is 8.96. The highest BCUT2D eigenvalue weighted by molar-refractivity contribution is 9.10. The molecule has 0 unspecified atom stereocenters. The van der Waals surface area contributed by atoms with Crippen LogP contribution in [0.15, 0.2) is 46.4 Å². The van der Waals surface area contributed by atoms with Crippen molar-refractivity contribution in [2.45, 2.75) is 6.54 Å². The number of benzene rings is 1. The van der Waals surface area contributed by atoms with Crippen molar-refractivity contribution in [2.75, 3.05) is 0 Å². The smallest absolute Gasteiger partial charge is 0.0992 e. The molecule has 0 aliphatic heterocycles. The number of nitriles is 1. The van der Waals surface area contributed by atoms with Crippen LogP contribution in [-0.4, -0.2) is 4.57 Å². The number of fused-ring (bicyclic) bond motifs is 1. The molecule has 0 radical (unpaired) electrons. The molecule has 2 heterocycles. The van der Waals surface area contributed by atoms with E-state index in [1.165, 1.54) is 10.3 Å². The molecule has 2 aromatic heterocycles. The molecular formula is C14H9BrN2S. The molecule has 3 rings (SSSR count). The van der Waals surface area contributed by atoms with Gasteiger partial charge in [-0.3, -0.25) is 0 Å². The maximum absolute atomic E-state index is 8.96. The van der Waals surface area contributed by atoms with E-state index in [1.807, 2.05) is 18.2 Å². The summed E-state index contributed by atoms with van der Waals surface area (Å²) in [6.07, 6.45) is 2.07. The average molecular weight is 317 g/mol. The third kappa shape index (κ3) is 1.96. The number of nitrogens with zero attached hydrogens (tertiary/aromatic N) is 2. The third-order valence-electron chi connectivity index (χ3n) is 2.91. The molecule has 0 fully saturated rings. The van der Waals surface area contributed by atoms with Gasteiger partial charge in [-0.1, -0.05) is 6.07 Å². The molecule has 2 nitrogen and oxygen atoms in total. The summed E-state index contributed by atoms with van der Waals surface area (Å²) in [6.45, 7) is 0.830. The predicted octanol–water partition coefficient (Wildman–Crippen LogP) is 4.39. The maximum Gasteiger partial charge on any atom is 0.0992 e. The molecule has 0 bridgehead atoms. The summed E-state index contributed by atoms with van der Waals surface area (Å²) in [5, 5.41) is 12.2. The lowest BCUT2D eigenvalue weighted by atomic mass is 10.2. The van der Waals surface area contributed by atoms with Crippen molar-refractivity contribution in [1.82, 2.24) is 4.57 Å². The molecule has 0 saturated heterocycles. The summed E-state index contributed by atoms with van der Waals surface area (Å²) in [7, 11) is 0. The van der Waals surface area contributed by atoms with E-state index in [1.54, 1.807) is 11.3 Å². The van der Waals surface area contributed by atoms with E-state index in [4.69, 9.17) is 5.26 Å².